The summed E-state index contributed by atoms with van der Waals surface area (Å²) < 4.78 is 0. The van der Waals surface area contributed by atoms with Crippen LogP contribution < -0.4 is 10.6 Å². The number of aryl methyl sites for hydroxylation is 1. The van der Waals surface area contributed by atoms with Crippen molar-refractivity contribution in [2.45, 2.75) is 33.6 Å². The molecule has 0 aromatic heterocycles. The minimum absolute atomic E-state index is 0.651. The van der Waals surface area contributed by atoms with Gasteiger partial charge in [0.2, 0.25) is 0 Å². The van der Waals surface area contributed by atoms with E-state index in [1.54, 1.807) is 0 Å². The molecule has 1 aromatic rings. The molecule has 0 aliphatic carbocycles. The fraction of sp³-hybridized carbons (Fsp3) is 0.538. The fourth-order valence-electron chi connectivity index (χ4n) is 1.93. The van der Waals surface area contributed by atoms with Crippen LogP contribution in [0.15, 0.2) is 12.1 Å². The van der Waals surface area contributed by atoms with Gasteiger partial charge < -0.3 is 10.6 Å². The van der Waals surface area contributed by atoms with Crippen LogP contribution >= 0.6 is 11.6 Å². The third kappa shape index (κ3) is 3.05. The lowest BCUT2D eigenvalue weighted by molar-refractivity contribution is 0.743. The molecule has 0 saturated carbocycles. The van der Waals surface area contributed by atoms with E-state index < -0.39 is 0 Å². The van der Waals surface area contributed by atoms with Gasteiger partial charge in [-0.05, 0) is 37.5 Å². The Morgan fingerprint density at radius 3 is 2.25 bits per heavy atom. The van der Waals surface area contributed by atoms with E-state index >= 15 is 0 Å². The molecule has 1 aromatic carbocycles. The maximum Gasteiger partial charge on any atom is 0.0656 e. The highest BCUT2D eigenvalue weighted by molar-refractivity contribution is 6.33. The number of nitrogens with two attached hydrogens (primary N) is 1. The van der Waals surface area contributed by atoms with Crippen LogP contribution in [-0.2, 0) is 0 Å². The molecule has 1 rings (SSSR count). The average Bonchev–Trinajstić information content (AvgIpc) is 2.23. The van der Waals surface area contributed by atoms with Gasteiger partial charge in [-0.25, -0.2) is 0 Å². The molecule has 2 N–H and O–H groups in total. The van der Waals surface area contributed by atoms with Gasteiger partial charge in [0, 0.05) is 18.8 Å². The van der Waals surface area contributed by atoms with Crippen LogP contribution in [0.3, 0.4) is 0 Å². The molecule has 16 heavy (non-hydrogen) atoms. The van der Waals surface area contributed by atoms with Gasteiger partial charge in [-0.3, -0.25) is 0 Å². The van der Waals surface area contributed by atoms with E-state index in [1.165, 1.54) is 11.3 Å². The summed E-state index contributed by atoms with van der Waals surface area (Å²) in [5.74, 6) is 0. The standard InChI is InChI=1S/C13H21ClN2/c1-4-6-16(7-5-2)13-9-11(14)12(15)8-10(13)3/h8-9H,4-7,15H2,1-3H3. The monoisotopic (exact) mass is 240 g/mol. The summed E-state index contributed by atoms with van der Waals surface area (Å²) >= 11 is 6.08. The van der Waals surface area contributed by atoms with Gasteiger partial charge in [-0.2, -0.15) is 0 Å². The Bertz CT molecular complexity index is 344. The normalized spacial score (nSPS) is 10.5. The van der Waals surface area contributed by atoms with Crippen molar-refractivity contribution in [3.63, 3.8) is 0 Å². The third-order valence-corrected chi connectivity index (χ3v) is 2.97. The maximum absolute atomic E-state index is 6.08. The van der Waals surface area contributed by atoms with Crippen molar-refractivity contribution in [2.75, 3.05) is 23.7 Å². The molecule has 90 valence electrons. The maximum atomic E-state index is 6.08. The lowest BCUT2D eigenvalue weighted by atomic mass is 10.1. The molecule has 0 atom stereocenters. The quantitative estimate of drug-likeness (QED) is 0.792. The summed E-state index contributed by atoms with van der Waals surface area (Å²) in [5, 5.41) is 0.651. The number of nitrogen functional groups attached to an aromatic ring is 1. The summed E-state index contributed by atoms with van der Waals surface area (Å²) in [6, 6.07) is 3.94. The van der Waals surface area contributed by atoms with Gasteiger partial charge in [0.15, 0.2) is 0 Å². The number of hydrogen-bond donors (Lipinski definition) is 1. The molecule has 0 bridgehead atoms. The molecule has 3 heteroatoms. The number of nitrogens with zero attached hydrogens (tertiary/aromatic N) is 1. The highest BCUT2D eigenvalue weighted by atomic mass is 35.5. The molecular formula is C13H21ClN2. The first-order valence-electron chi connectivity index (χ1n) is 5.90. The summed E-state index contributed by atoms with van der Waals surface area (Å²) in [6.45, 7) is 8.60. The first-order chi connectivity index (χ1) is 7.60. The van der Waals surface area contributed by atoms with Gasteiger partial charge in [-0.15, -0.1) is 0 Å². The largest absolute Gasteiger partial charge is 0.398 e. The van der Waals surface area contributed by atoms with Gasteiger partial charge >= 0.3 is 0 Å². The molecule has 0 aliphatic heterocycles. The molecular weight excluding hydrogens is 220 g/mol. The molecule has 0 radical (unpaired) electrons. The number of halogens is 1. The van der Waals surface area contributed by atoms with Crippen molar-refractivity contribution < 1.29 is 0 Å². The van der Waals surface area contributed by atoms with Crippen molar-refractivity contribution in [3.8, 4) is 0 Å². The third-order valence-electron chi connectivity index (χ3n) is 2.64. The summed E-state index contributed by atoms with van der Waals surface area (Å²) in [5.41, 5.74) is 8.86. The second kappa shape index (κ2) is 6.00. The van der Waals surface area contributed by atoms with E-state index in [2.05, 4.69) is 25.7 Å². The number of benzene rings is 1. The Labute approximate surface area is 103 Å². The Kier molecular flexibility index (Phi) is 4.94. The lowest BCUT2D eigenvalue weighted by Crippen LogP contribution is -2.25. The topological polar surface area (TPSA) is 29.3 Å². The molecule has 0 aliphatic rings. The average molecular weight is 241 g/mol. The Morgan fingerprint density at radius 2 is 1.75 bits per heavy atom. The first kappa shape index (κ1) is 13.2. The van der Waals surface area contributed by atoms with Crippen molar-refractivity contribution >= 4 is 23.0 Å². The summed E-state index contributed by atoms with van der Waals surface area (Å²) in [7, 11) is 0. The van der Waals surface area contributed by atoms with Crippen molar-refractivity contribution in [1.29, 1.82) is 0 Å². The Hall–Kier alpha value is -0.890. The Morgan fingerprint density at radius 1 is 1.19 bits per heavy atom. The molecule has 0 unspecified atom stereocenters. The highest BCUT2D eigenvalue weighted by Gasteiger charge is 2.10. The van der Waals surface area contributed by atoms with Crippen LogP contribution in [0.5, 0.6) is 0 Å². The van der Waals surface area contributed by atoms with E-state index in [0.717, 1.165) is 25.9 Å². The zero-order chi connectivity index (χ0) is 12.1. The molecule has 0 saturated heterocycles. The van der Waals surface area contributed by atoms with Crippen molar-refractivity contribution in [3.05, 3.63) is 22.7 Å². The van der Waals surface area contributed by atoms with Crippen LogP contribution in [0.2, 0.25) is 5.02 Å². The lowest BCUT2D eigenvalue weighted by Gasteiger charge is -2.26. The van der Waals surface area contributed by atoms with E-state index in [4.69, 9.17) is 17.3 Å². The molecule has 0 fully saturated rings. The van der Waals surface area contributed by atoms with Crippen molar-refractivity contribution in [2.24, 2.45) is 0 Å². The zero-order valence-corrected chi connectivity index (χ0v) is 11.1. The van der Waals surface area contributed by atoms with E-state index in [-0.39, 0.29) is 0 Å². The van der Waals surface area contributed by atoms with Gasteiger partial charge in [0.1, 0.15) is 0 Å². The second-order valence-electron chi connectivity index (χ2n) is 4.15. The zero-order valence-electron chi connectivity index (χ0n) is 10.4. The minimum atomic E-state index is 0.651. The van der Waals surface area contributed by atoms with Crippen molar-refractivity contribution in [1.82, 2.24) is 0 Å². The smallest absolute Gasteiger partial charge is 0.0656 e. The predicted octanol–water partition coefficient (Wildman–Crippen LogP) is 3.86. The van der Waals surface area contributed by atoms with Crippen LogP contribution in [0, 0.1) is 6.92 Å². The number of rotatable bonds is 5. The number of hydrogen-bond acceptors (Lipinski definition) is 2. The Balaban J connectivity index is 3.03. The fourth-order valence-corrected chi connectivity index (χ4v) is 2.08. The van der Waals surface area contributed by atoms with Crippen LogP contribution in [0.1, 0.15) is 32.3 Å². The second-order valence-corrected chi connectivity index (χ2v) is 4.55. The SMILES string of the molecule is CCCN(CCC)c1cc(Cl)c(N)cc1C. The highest BCUT2D eigenvalue weighted by Crippen LogP contribution is 2.29. The molecule has 0 amide bonds. The predicted molar refractivity (Wildman–Crippen MR) is 73.4 cm³/mol. The van der Waals surface area contributed by atoms with Crippen LogP contribution in [0.4, 0.5) is 11.4 Å². The summed E-state index contributed by atoms with van der Waals surface area (Å²) in [4.78, 5) is 2.38. The minimum Gasteiger partial charge on any atom is -0.398 e. The van der Waals surface area contributed by atoms with Crippen LogP contribution in [-0.4, -0.2) is 13.1 Å². The summed E-state index contributed by atoms with van der Waals surface area (Å²) in [6.07, 6.45) is 2.28. The van der Waals surface area contributed by atoms with Gasteiger partial charge in [0.25, 0.3) is 0 Å². The molecule has 0 spiro atoms. The first-order valence-corrected chi connectivity index (χ1v) is 6.28. The van der Waals surface area contributed by atoms with E-state index in [9.17, 15) is 0 Å². The van der Waals surface area contributed by atoms with E-state index in [0.29, 0.717) is 10.7 Å². The van der Waals surface area contributed by atoms with Crippen LogP contribution in [0.25, 0.3) is 0 Å². The number of anilines is 2. The van der Waals surface area contributed by atoms with Gasteiger partial charge in [0.05, 0.1) is 10.7 Å². The molecule has 2 nitrogen and oxygen atoms in total. The van der Waals surface area contributed by atoms with Gasteiger partial charge in [-0.1, -0.05) is 25.4 Å². The van der Waals surface area contributed by atoms with E-state index in [1.807, 2.05) is 12.1 Å². The molecule has 0 heterocycles.